The third-order valence-electron chi connectivity index (χ3n) is 4.15. The Bertz CT molecular complexity index is 1050. The Morgan fingerprint density at radius 1 is 1.17 bits per heavy atom. The van der Waals surface area contributed by atoms with E-state index in [9.17, 15) is 4.79 Å². The summed E-state index contributed by atoms with van der Waals surface area (Å²) in [5.41, 5.74) is 10.2. The van der Waals surface area contributed by atoms with E-state index in [2.05, 4.69) is 15.0 Å². The highest BCUT2D eigenvalue weighted by atomic mass is 16.1. The van der Waals surface area contributed by atoms with Gasteiger partial charge in [0, 0.05) is 24.2 Å². The van der Waals surface area contributed by atoms with Gasteiger partial charge in [0.15, 0.2) is 0 Å². The van der Waals surface area contributed by atoms with Gasteiger partial charge in [0.05, 0.1) is 11.4 Å². The van der Waals surface area contributed by atoms with E-state index in [1.807, 2.05) is 55.7 Å². The molecule has 24 heavy (non-hydrogen) atoms. The second-order valence-corrected chi connectivity index (χ2v) is 5.54. The Morgan fingerprint density at radius 3 is 2.71 bits per heavy atom. The van der Waals surface area contributed by atoms with E-state index in [1.165, 1.54) is 6.33 Å². The molecular formula is C18H15N5O. The summed E-state index contributed by atoms with van der Waals surface area (Å²) < 4.78 is 1.79. The molecule has 118 valence electrons. The molecule has 6 heteroatoms. The van der Waals surface area contributed by atoms with Gasteiger partial charge in [0.1, 0.15) is 17.7 Å². The molecule has 3 heterocycles. The zero-order valence-corrected chi connectivity index (χ0v) is 13.0. The molecule has 3 aromatic heterocycles. The average Bonchev–Trinajstić information content (AvgIpc) is 3.19. The molecule has 0 fully saturated rings. The smallest absolute Gasteiger partial charge is 0.265 e. The first-order valence-electron chi connectivity index (χ1n) is 7.50. The van der Waals surface area contributed by atoms with Gasteiger partial charge in [-0.2, -0.15) is 0 Å². The normalized spacial score (nSPS) is 11.0. The van der Waals surface area contributed by atoms with Crippen molar-refractivity contribution in [2.24, 2.45) is 12.8 Å². The van der Waals surface area contributed by atoms with Gasteiger partial charge < -0.3 is 15.3 Å². The first-order valence-corrected chi connectivity index (χ1v) is 7.50. The number of H-pyrrole nitrogens is 1. The number of aromatic nitrogens is 4. The average molecular weight is 317 g/mol. The van der Waals surface area contributed by atoms with Gasteiger partial charge in [-0.05, 0) is 17.7 Å². The van der Waals surface area contributed by atoms with Crippen LogP contribution in [-0.4, -0.2) is 25.4 Å². The molecule has 0 spiro atoms. The predicted molar refractivity (Wildman–Crippen MR) is 92.2 cm³/mol. The molecule has 0 aliphatic rings. The quantitative estimate of drug-likeness (QED) is 0.609. The van der Waals surface area contributed by atoms with Crippen LogP contribution in [0.3, 0.4) is 0 Å². The predicted octanol–water partition coefficient (Wildman–Crippen LogP) is 2.73. The number of hydrogen-bond acceptors (Lipinski definition) is 3. The lowest BCUT2D eigenvalue weighted by Gasteiger charge is -2.06. The highest BCUT2D eigenvalue weighted by Gasteiger charge is 2.21. The number of nitrogens with zero attached hydrogens (tertiary/aromatic N) is 3. The van der Waals surface area contributed by atoms with Crippen LogP contribution >= 0.6 is 0 Å². The number of carbonyl (C=O) groups excluding carboxylic acids is 1. The minimum atomic E-state index is -0.470. The van der Waals surface area contributed by atoms with Crippen molar-refractivity contribution >= 4 is 16.9 Å². The maximum atomic E-state index is 12.0. The van der Waals surface area contributed by atoms with E-state index >= 15 is 0 Å². The molecular weight excluding hydrogens is 302 g/mol. The molecule has 4 aromatic rings. The van der Waals surface area contributed by atoms with Crippen LogP contribution < -0.4 is 5.73 Å². The van der Waals surface area contributed by atoms with Gasteiger partial charge in [0.2, 0.25) is 0 Å². The number of nitrogens with two attached hydrogens (primary N) is 1. The Hall–Kier alpha value is -3.41. The molecule has 0 unspecified atom stereocenters. The van der Waals surface area contributed by atoms with Crippen molar-refractivity contribution in [2.45, 2.75) is 0 Å². The number of rotatable bonds is 3. The Labute approximate surface area is 138 Å². The Morgan fingerprint density at radius 2 is 1.96 bits per heavy atom. The highest BCUT2D eigenvalue weighted by Crippen LogP contribution is 2.33. The largest absolute Gasteiger partial charge is 0.364 e. The highest BCUT2D eigenvalue weighted by molar-refractivity contribution is 6.01. The molecule has 0 saturated carbocycles. The van der Waals surface area contributed by atoms with Crippen LogP contribution in [0.1, 0.15) is 10.5 Å². The standard InChI is InChI=1S/C18H15N5O/c1-23-14(15-12-7-8-20-18(12)22-10-21-15)9-13(16(23)17(19)24)11-5-3-2-4-6-11/h2-10H,1H3,(H2,19,24)(H,20,21,22). The van der Waals surface area contributed by atoms with Gasteiger partial charge >= 0.3 is 0 Å². The number of carbonyl (C=O) groups is 1. The summed E-state index contributed by atoms with van der Waals surface area (Å²) in [6, 6.07) is 13.6. The minimum Gasteiger partial charge on any atom is -0.364 e. The van der Waals surface area contributed by atoms with Crippen molar-refractivity contribution in [1.29, 1.82) is 0 Å². The fraction of sp³-hybridized carbons (Fsp3) is 0.0556. The van der Waals surface area contributed by atoms with Crippen LogP contribution in [0.5, 0.6) is 0 Å². The summed E-state index contributed by atoms with van der Waals surface area (Å²) >= 11 is 0. The van der Waals surface area contributed by atoms with E-state index in [1.54, 1.807) is 4.57 Å². The van der Waals surface area contributed by atoms with Crippen molar-refractivity contribution in [1.82, 2.24) is 19.5 Å². The monoisotopic (exact) mass is 317 g/mol. The third kappa shape index (κ3) is 2.08. The lowest BCUT2D eigenvalue weighted by Crippen LogP contribution is -2.16. The van der Waals surface area contributed by atoms with Gasteiger partial charge in [-0.3, -0.25) is 4.79 Å². The van der Waals surface area contributed by atoms with Crippen molar-refractivity contribution in [3.8, 4) is 22.5 Å². The van der Waals surface area contributed by atoms with Crippen LogP contribution in [0.2, 0.25) is 0 Å². The van der Waals surface area contributed by atoms with E-state index < -0.39 is 5.91 Å². The summed E-state index contributed by atoms with van der Waals surface area (Å²) in [4.78, 5) is 23.7. The lowest BCUT2D eigenvalue weighted by molar-refractivity contribution is 0.0993. The van der Waals surface area contributed by atoms with Crippen LogP contribution in [-0.2, 0) is 7.05 Å². The molecule has 0 atom stereocenters. The van der Waals surface area contributed by atoms with E-state index in [-0.39, 0.29) is 0 Å². The molecule has 3 N–H and O–H groups in total. The summed E-state index contributed by atoms with van der Waals surface area (Å²) in [6.07, 6.45) is 3.33. The molecule has 4 rings (SSSR count). The fourth-order valence-electron chi connectivity index (χ4n) is 3.04. The number of nitrogens with one attached hydrogen (secondary N) is 1. The van der Waals surface area contributed by atoms with Crippen LogP contribution in [0.4, 0.5) is 0 Å². The number of fused-ring (bicyclic) bond motifs is 1. The van der Waals surface area contributed by atoms with Crippen molar-refractivity contribution in [3.63, 3.8) is 0 Å². The van der Waals surface area contributed by atoms with Crippen molar-refractivity contribution < 1.29 is 4.79 Å². The number of amides is 1. The lowest BCUT2D eigenvalue weighted by atomic mass is 10.1. The maximum Gasteiger partial charge on any atom is 0.265 e. The van der Waals surface area contributed by atoms with Crippen LogP contribution in [0.25, 0.3) is 33.5 Å². The Balaban J connectivity index is 2.01. The van der Waals surface area contributed by atoms with Gasteiger partial charge in [-0.15, -0.1) is 0 Å². The molecule has 0 radical (unpaired) electrons. The molecule has 0 aliphatic carbocycles. The van der Waals surface area contributed by atoms with E-state index in [4.69, 9.17) is 5.73 Å². The van der Waals surface area contributed by atoms with Crippen molar-refractivity contribution in [2.75, 3.05) is 0 Å². The molecule has 1 amide bonds. The van der Waals surface area contributed by atoms with E-state index in [0.29, 0.717) is 5.69 Å². The summed E-state index contributed by atoms with van der Waals surface area (Å²) in [5, 5.41) is 0.897. The third-order valence-corrected chi connectivity index (χ3v) is 4.15. The molecule has 0 aliphatic heterocycles. The second-order valence-electron chi connectivity index (χ2n) is 5.54. The molecule has 1 aromatic carbocycles. The molecule has 6 nitrogen and oxygen atoms in total. The van der Waals surface area contributed by atoms with Crippen molar-refractivity contribution in [3.05, 3.63) is 60.7 Å². The summed E-state index contributed by atoms with van der Waals surface area (Å²) in [5.74, 6) is -0.470. The van der Waals surface area contributed by atoms with Gasteiger partial charge in [0.25, 0.3) is 5.91 Å². The van der Waals surface area contributed by atoms with Crippen LogP contribution in [0, 0.1) is 0 Å². The van der Waals surface area contributed by atoms with Gasteiger partial charge in [-0.25, -0.2) is 9.97 Å². The fourth-order valence-corrected chi connectivity index (χ4v) is 3.04. The number of benzene rings is 1. The molecule has 0 saturated heterocycles. The zero-order valence-electron chi connectivity index (χ0n) is 13.0. The SMILES string of the molecule is Cn1c(-c2ncnc3[nH]ccc23)cc(-c2ccccc2)c1C(N)=O. The number of primary amides is 1. The number of hydrogen-bond donors (Lipinski definition) is 2. The maximum absolute atomic E-state index is 12.0. The zero-order chi connectivity index (χ0) is 16.7. The summed E-state index contributed by atoms with van der Waals surface area (Å²) in [6.45, 7) is 0. The minimum absolute atomic E-state index is 0.457. The summed E-state index contributed by atoms with van der Waals surface area (Å²) in [7, 11) is 1.82. The number of aromatic amines is 1. The second kappa shape index (κ2) is 5.34. The first-order chi connectivity index (χ1) is 11.7. The topological polar surface area (TPSA) is 89.6 Å². The molecule has 0 bridgehead atoms. The first kappa shape index (κ1) is 14.2. The van der Waals surface area contributed by atoms with Crippen LogP contribution in [0.15, 0.2) is 55.0 Å². The Kier molecular flexibility index (Phi) is 3.16. The van der Waals surface area contributed by atoms with Gasteiger partial charge in [-0.1, -0.05) is 30.3 Å². The van der Waals surface area contributed by atoms with E-state index in [0.717, 1.165) is 33.5 Å².